The predicted octanol–water partition coefficient (Wildman–Crippen LogP) is 4.67. The summed E-state index contributed by atoms with van der Waals surface area (Å²) in [5, 5.41) is 7.31. The van der Waals surface area contributed by atoms with E-state index in [1.165, 1.54) is 0 Å². The highest BCUT2D eigenvalue weighted by molar-refractivity contribution is 7.18. The van der Waals surface area contributed by atoms with E-state index in [0.29, 0.717) is 18.2 Å². The molecule has 1 saturated heterocycles. The van der Waals surface area contributed by atoms with Gasteiger partial charge in [0.05, 0.1) is 46.4 Å². The van der Waals surface area contributed by atoms with Crippen LogP contribution >= 0.6 is 34.5 Å². The van der Waals surface area contributed by atoms with Crippen LogP contribution in [0, 0.1) is 0 Å². The summed E-state index contributed by atoms with van der Waals surface area (Å²) in [6.07, 6.45) is 1.67. The molecule has 26 heavy (non-hydrogen) atoms. The first-order valence-electron chi connectivity index (χ1n) is 8.50. The van der Waals surface area contributed by atoms with Gasteiger partial charge in [0.25, 0.3) is 0 Å². The fraction of sp³-hybridized carbons (Fsp3) is 0.471. The lowest BCUT2D eigenvalue weighted by molar-refractivity contribution is 0.0987. The molecule has 0 saturated carbocycles. The lowest BCUT2D eigenvalue weighted by atomic mass is 10.2. The van der Waals surface area contributed by atoms with Gasteiger partial charge in [0, 0.05) is 23.5 Å². The van der Waals surface area contributed by atoms with Crippen molar-refractivity contribution in [1.82, 2.24) is 19.7 Å². The third kappa shape index (κ3) is 2.97. The average molecular weight is 412 g/mol. The van der Waals surface area contributed by atoms with Crippen LogP contribution in [0.1, 0.15) is 26.8 Å². The number of hydrogen-bond acceptors (Lipinski definition) is 6. The van der Waals surface area contributed by atoms with Gasteiger partial charge in [-0.1, -0.05) is 11.6 Å². The molecule has 0 amide bonds. The number of halogens is 2. The highest BCUT2D eigenvalue weighted by Crippen LogP contribution is 2.41. The Balaban J connectivity index is 1.91. The second-order valence-corrected chi connectivity index (χ2v) is 8.27. The molecule has 3 aromatic rings. The number of aromatic nitrogens is 4. The number of thiophene rings is 1. The standard InChI is InChI=1S/C17H19Cl2N5OS/c1-9(2)24-14(12(18)6-20-24)11-8-26-15-13(11)21-17(19)22-16(15)23-4-5-25-7-10(23)3/h6,8-10H,4-5,7H2,1-3H3/t10-/m1/s1. The maximum absolute atomic E-state index is 6.45. The third-order valence-corrected chi connectivity index (χ3v) is 5.92. The zero-order chi connectivity index (χ0) is 18.4. The van der Waals surface area contributed by atoms with E-state index in [4.69, 9.17) is 27.9 Å². The first kappa shape index (κ1) is 18.0. The van der Waals surface area contributed by atoms with Gasteiger partial charge >= 0.3 is 0 Å². The second kappa shape index (κ2) is 6.96. The van der Waals surface area contributed by atoms with E-state index in [2.05, 4.69) is 46.1 Å². The molecule has 3 aromatic heterocycles. The Kier molecular flexibility index (Phi) is 4.81. The summed E-state index contributed by atoms with van der Waals surface area (Å²) in [7, 11) is 0. The quantitative estimate of drug-likeness (QED) is 0.586. The van der Waals surface area contributed by atoms with E-state index in [1.807, 2.05) is 4.68 Å². The van der Waals surface area contributed by atoms with Crippen LogP contribution in [-0.4, -0.2) is 45.5 Å². The molecule has 9 heteroatoms. The fourth-order valence-electron chi connectivity index (χ4n) is 3.27. The molecule has 1 aliphatic rings. The molecule has 0 bridgehead atoms. The molecule has 0 N–H and O–H groups in total. The largest absolute Gasteiger partial charge is 0.377 e. The summed E-state index contributed by atoms with van der Waals surface area (Å²) in [5.74, 6) is 0.860. The molecule has 138 valence electrons. The molecular weight excluding hydrogens is 393 g/mol. The van der Waals surface area contributed by atoms with Crippen molar-refractivity contribution in [3.8, 4) is 11.3 Å². The number of rotatable bonds is 3. The molecule has 0 unspecified atom stereocenters. The first-order chi connectivity index (χ1) is 12.5. The van der Waals surface area contributed by atoms with Gasteiger partial charge in [0.1, 0.15) is 0 Å². The minimum absolute atomic E-state index is 0.184. The summed E-state index contributed by atoms with van der Waals surface area (Å²) in [5.41, 5.74) is 2.62. The van der Waals surface area contributed by atoms with Crippen LogP contribution in [0.25, 0.3) is 21.5 Å². The highest BCUT2D eigenvalue weighted by atomic mass is 35.5. The van der Waals surface area contributed by atoms with Crippen LogP contribution in [0.2, 0.25) is 10.3 Å². The number of nitrogens with zero attached hydrogens (tertiary/aromatic N) is 5. The lowest BCUT2D eigenvalue weighted by Gasteiger charge is -2.34. The molecule has 4 heterocycles. The molecule has 0 aromatic carbocycles. The Morgan fingerprint density at radius 3 is 2.85 bits per heavy atom. The Hall–Kier alpha value is -1.41. The highest BCUT2D eigenvalue weighted by Gasteiger charge is 2.26. The third-order valence-electron chi connectivity index (χ3n) is 4.50. The van der Waals surface area contributed by atoms with Crippen molar-refractivity contribution in [2.24, 2.45) is 0 Å². The second-order valence-electron chi connectivity index (χ2n) is 6.64. The monoisotopic (exact) mass is 411 g/mol. The van der Waals surface area contributed by atoms with Crippen LogP contribution in [0.4, 0.5) is 5.82 Å². The summed E-state index contributed by atoms with van der Waals surface area (Å²) < 4.78 is 8.47. The normalized spacial score (nSPS) is 18.2. The summed E-state index contributed by atoms with van der Waals surface area (Å²) in [6.45, 7) is 8.40. The van der Waals surface area contributed by atoms with Crippen LogP contribution in [-0.2, 0) is 4.74 Å². The number of anilines is 1. The number of hydrogen-bond donors (Lipinski definition) is 0. The predicted molar refractivity (Wildman–Crippen MR) is 107 cm³/mol. The van der Waals surface area contributed by atoms with Gasteiger partial charge in [-0.15, -0.1) is 11.3 Å². The zero-order valence-corrected chi connectivity index (χ0v) is 17.1. The number of morpholine rings is 1. The average Bonchev–Trinajstić information content (AvgIpc) is 3.17. The maximum Gasteiger partial charge on any atom is 0.224 e. The fourth-order valence-corrected chi connectivity index (χ4v) is 4.66. The lowest BCUT2D eigenvalue weighted by Crippen LogP contribution is -2.44. The minimum atomic E-state index is 0.184. The van der Waals surface area contributed by atoms with Gasteiger partial charge in [-0.05, 0) is 32.4 Å². The van der Waals surface area contributed by atoms with E-state index < -0.39 is 0 Å². The molecule has 0 spiro atoms. The SMILES string of the molecule is CC(C)n1ncc(Cl)c1-c1csc2c(N3CCOC[C@H]3C)nc(Cl)nc12. The van der Waals surface area contributed by atoms with E-state index in [-0.39, 0.29) is 17.4 Å². The maximum atomic E-state index is 6.45. The summed E-state index contributed by atoms with van der Waals surface area (Å²) in [6, 6.07) is 0.414. The van der Waals surface area contributed by atoms with Crippen molar-refractivity contribution in [2.45, 2.75) is 32.9 Å². The molecule has 6 nitrogen and oxygen atoms in total. The molecule has 1 atom stereocenters. The summed E-state index contributed by atoms with van der Waals surface area (Å²) in [4.78, 5) is 11.3. The molecule has 0 aliphatic carbocycles. The van der Waals surface area contributed by atoms with Crippen molar-refractivity contribution in [2.75, 3.05) is 24.7 Å². The van der Waals surface area contributed by atoms with Crippen LogP contribution in [0.15, 0.2) is 11.6 Å². The van der Waals surface area contributed by atoms with Gasteiger partial charge in [-0.25, -0.2) is 4.98 Å². The Labute approximate surface area is 165 Å². The van der Waals surface area contributed by atoms with Crippen molar-refractivity contribution in [3.63, 3.8) is 0 Å². The molecule has 4 rings (SSSR count). The molecular formula is C17H19Cl2N5OS. The minimum Gasteiger partial charge on any atom is -0.377 e. The van der Waals surface area contributed by atoms with E-state index >= 15 is 0 Å². The van der Waals surface area contributed by atoms with Crippen LogP contribution < -0.4 is 4.90 Å². The Morgan fingerprint density at radius 1 is 1.31 bits per heavy atom. The van der Waals surface area contributed by atoms with Gasteiger partial charge < -0.3 is 9.64 Å². The Bertz CT molecular complexity index is 954. The topological polar surface area (TPSA) is 56.1 Å². The number of ether oxygens (including phenoxy) is 1. The van der Waals surface area contributed by atoms with Crippen molar-refractivity contribution >= 4 is 50.6 Å². The van der Waals surface area contributed by atoms with Crippen molar-refractivity contribution < 1.29 is 4.74 Å². The summed E-state index contributed by atoms with van der Waals surface area (Å²) >= 11 is 14.3. The smallest absolute Gasteiger partial charge is 0.224 e. The van der Waals surface area contributed by atoms with Crippen molar-refractivity contribution in [3.05, 3.63) is 21.9 Å². The number of fused-ring (bicyclic) bond motifs is 1. The van der Waals surface area contributed by atoms with Gasteiger partial charge in [-0.2, -0.15) is 10.1 Å². The first-order valence-corrected chi connectivity index (χ1v) is 10.1. The van der Waals surface area contributed by atoms with Gasteiger partial charge in [-0.3, -0.25) is 4.68 Å². The van der Waals surface area contributed by atoms with Gasteiger partial charge in [0.15, 0.2) is 5.82 Å². The van der Waals surface area contributed by atoms with E-state index in [1.54, 1.807) is 17.5 Å². The van der Waals surface area contributed by atoms with Crippen LogP contribution in [0.5, 0.6) is 0 Å². The van der Waals surface area contributed by atoms with Gasteiger partial charge in [0.2, 0.25) is 5.28 Å². The van der Waals surface area contributed by atoms with Crippen molar-refractivity contribution in [1.29, 1.82) is 0 Å². The zero-order valence-electron chi connectivity index (χ0n) is 14.7. The Morgan fingerprint density at radius 2 is 2.12 bits per heavy atom. The van der Waals surface area contributed by atoms with Crippen LogP contribution in [0.3, 0.4) is 0 Å². The molecule has 1 aliphatic heterocycles. The molecule has 0 radical (unpaired) electrons. The molecule has 1 fully saturated rings. The van der Waals surface area contributed by atoms with E-state index in [9.17, 15) is 0 Å². The van der Waals surface area contributed by atoms with E-state index in [0.717, 1.165) is 33.8 Å².